The van der Waals surface area contributed by atoms with E-state index in [1.165, 1.54) is 12.1 Å². The molecule has 0 saturated heterocycles. The lowest BCUT2D eigenvalue weighted by atomic mass is 9.94. The van der Waals surface area contributed by atoms with Gasteiger partial charge >= 0.3 is 0 Å². The van der Waals surface area contributed by atoms with Crippen molar-refractivity contribution in [3.05, 3.63) is 33.3 Å². The first-order valence-corrected chi connectivity index (χ1v) is 7.37. The van der Waals surface area contributed by atoms with Crippen LogP contribution in [-0.4, -0.2) is 16.9 Å². The summed E-state index contributed by atoms with van der Waals surface area (Å²) in [7, 11) is 0. The normalized spacial score (nSPS) is 22.4. The van der Waals surface area contributed by atoms with Crippen LogP contribution in [0.3, 0.4) is 0 Å². The maximum absolute atomic E-state index is 12.3. The number of nitrogens with zero attached hydrogens (tertiary/aromatic N) is 1. The molecule has 0 radical (unpaired) electrons. The van der Waals surface area contributed by atoms with Crippen LogP contribution in [0.4, 0.5) is 11.4 Å². The van der Waals surface area contributed by atoms with Gasteiger partial charge in [0.15, 0.2) is 0 Å². The van der Waals surface area contributed by atoms with Crippen LogP contribution >= 0.6 is 11.6 Å². The molecule has 1 amide bonds. The Kier molecular flexibility index (Phi) is 5.14. The summed E-state index contributed by atoms with van der Waals surface area (Å²) in [5.74, 6) is -0.428. The summed E-state index contributed by atoms with van der Waals surface area (Å²) >= 11 is 5.75. The fourth-order valence-electron chi connectivity index (χ4n) is 2.63. The standard InChI is InChI=1S/C14H18ClN3O3/c15-11-7-6-9(8-13(11)18(20)21)17-14(19)10-4-2-1-3-5-12(10)16/h6-8,10,12H,1-5,16H2,(H,17,19). The molecular weight excluding hydrogens is 294 g/mol. The third-order valence-electron chi connectivity index (χ3n) is 3.82. The van der Waals surface area contributed by atoms with Crippen LogP contribution in [0.1, 0.15) is 32.1 Å². The third-order valence-corrected chi connectivity index (χ3v) is 4.14. The highest BCUT2D eigenvalue weighted by molar-refractivity contribution is 6.32. The van der Waals surface area contributed by atoms with Crippen molar-refractivity contribution in [2.45, 2.75) is 38.1 Å². The van der Waals surface area contributed by atoms with Gasteiger partial charge in [-0.2, -0.15) is 0 Å². The molecule has 0 bridgehead atoms. The van der Waals surface area contributed by atoms with Gasteiger partial charge < -0.3 is 11.1 Å². The number of benzene rings is 1. The van der Waals surface area contributed by atoms with Crippen LogP contribution < -0.4 is 11.1 Å². The second kappa shape index (κ2) is 6.87. The highest BCUT2D eigenvalue weighted by Crippen LogP contribution is 2.28. The lowest BCUT2D eigenvalue weighted by Gasteiger charge is -2.20. The molecule has 1 aromatic rings. The zero-order chi connectivity index (χ0) is 15.4. The average molecular weight is 312 g/mol. The van der Waals surface area contributed by atoms with Gasteiger partial charge in [-0.25, -0.2) is 0 Å². The largest absolute Gasteiger partial charge is 0.327 e. The first-order valence-electron chi connectivity index (χ1n) is 6.99. The lowest BCUT2D eigenvalue weighted by Crippen LogP contribution is -2.37. The number of anilines is 1. The van der Waals surface area contributed by atoms with Crippen molar-refractivity contribution in [1.29, 1.82) is 0 Å². The van der Waals surface area contributed by atoms with E-state index in [2.05, 4.69) is 5.32 Å². The molecule has 0 aliphatic heterocycles. The zero-order valence-electron chi connectivity index (χ0n) is 11.5. The molecular formula is C14H18ClN3O3. The number of halogens is 1. The van der Waals surface area contributed by atoms with Crippen molar-refractivity contribution in [2.24, 2.45) is 11.7 Å². The van der Waals surface area contributed by atoms with E-state index in [9.17, 15) is 14.9 Å². The van der Waals surface area contributed by atoms with Crippen LogP contribution in [-0.2, 0) is 4.79 Å². The van der Waals surface area contributed by atoms with Crippen molar-refractivity contribution in [3.8, 4) is 0 Å². The van der Waals surface area contributed by atoms with Crippen molar-refractivity contribution < 1.29 is 9.72 Å². The maximum atomic E-state index is 12.3. The van der Waals surface area contributed by atoms with Gasteiger partial charge in [-0.3, -0.25) is 14.9 Å². The minimum atomic E-state index is -0.574. The fourth-order valence-corrected chi connectivity index (χ4v) is 2.81. The predicted molar refractivity (Wildman–Crippen MR) is 81.3 cm³/mol. The van der Waals surface area contributed by atoms with Crippen LogP contribution in [0, 0.1) is 16.0 Å². The van der Waals surface area contributed by atoms with Gasteiger partial charge in [-0.15, -0.1) is 0 Å². The zero-order valence-corrected chi connectivity index (χ0v) is 12.3. The minimum Gasteiger partial charge on any atom is -0.327 e. The molecule has 2 atom stereocenters. The van der Waals surface area contributed by atoms with E-state index < -0.39 is 4.92 Å². The number of carbonyl (C=O) groups excluding carboxylic acids is 1. The number of nitro groups is 1. The Morgan fingerprint density at radius 3 is 2.76 bits per heavy atom. The molecule has 6 nitrogen and oxygen atoms in total. The molecule has 7 heteroatoms. The molecule has 1 aliphatic carbocycles. The smallest absolute Gasteiger partial charge is 0.289 e. The van der Waals surface area contributed by atoms with Crippen molar-refractivity contribution >= 4 is 28.9 Å². The number of nitrogens with two attached hydrogens (primary N) is 1. The van der Waals surface area contributed by atoms with Crippen LogP contribution in [0.2, 0.25) is 5.02 Å². The van der Waals surface area contributed by atoms with E-state index in [0.717, 1.165) is 32.1 Å². The van der Waals surface area contributed by atoms with Gasteiger partial charge in [0.05, 0.1) is 10.8 Å². The molecule has 1 fully saturated rings. The molecule has 2 rings (SSSR count). The number of nitro benzene ring substituents is 1. The Labute approximate surface area is 127 Å². The van der Waals surface area contributed by atoms with E-state index in [-0.39, 0.29) is 28.6 Å². The molecule has 0 heterocycles. The molecule has 1 aliphatic rings. The number of amides is 1. The summed E-state index contributed by atoms with van der Waals surface area (Å²) in [6.07, 6.45) is 4.69. The summed E-state index contributed by atoms with van der Waals surface area (Å²) in [6, 6.07) is 4.06. The molecule has 114 valence electrons. The van der Waals surface area contributed by atoms with Gasteiger partial charge in [0, 0.05) is 17.8 Å². The minimum absolute atomic E-state index is 0.0455. The Bertz CT molecular complexity index is 550. The van der Waals surface area contributed by atoms with Crippen LogP contribution in [0.25, 0.3) is 0 Å². The fraction of sp³-hybridized carbons (Fsp3) is 0.500. The van der Waals surface area contributed by atoms with Gasteiger partial charge in [-0.1, -0.05) is 30.9 Å². The van der Waals surface area contributed by atoms with Gasteiger partial charge in [0.2, 0.25) is 5.91 Å². The average Bonchev–Trinajstić information content (AvgIpc) is 2.65. The Morgan fingerprint density at radius 1 is 1.33 bits per heavy atom. The molecule has 1 saturated carbocycles. The summed E-state index contributed by atoms with van der Waals surface area (Å²) in [5.41, 5.74) is 6.19. The van der Waals surface area contributed by atoms with Crippen molar-refractivity contribution in [1.82, 2.24) is 0 Å². The van der Waals surface area contributed by atoms with E-state index in [4.69, 9.17) is 17.3 Å². The number of hydrogen-bond acceptors (Lipinski definition) is 4. The molecule has 3 N–H and O–H groups in total. The molecule has 21 heavy (non-hydrogen) atoms. The quantitative estimate of drug-likeness (QED) is 0.509. The lowest BCUT2D eigenvalue weighted by molar-refractivity contribution is -0.384. The van der Waals surface area contributed by atoms with E-state index in [0.29, 0.717) is 5.69 Å². The first-order chi connectivity index (χ1) is 9.99. The predicted octanol–water partition coefficient (Wildman–Crippen LogP) is 3.09. The Hall–Kier alpha value is -1.66. The van der Waals surface area contributed by atoms with E-state index in [1.807, 2.05) is 0 Å². The third kappa shape index (κ3) is 3.92. The number of rotatable bonds is 3. The van der Waals surface area contributed by atoms with Crippen molar-refractivity contribution in [2.75, 3.05) is 5.32 Å². The van der Waals surface area contributed by atoms with Gasteiger partial charge in [0.25, 0.3) is 5.69 Å². The highest BCUT2D eigenvalue weighted by Gasteiger charge is 2.27. The highest BCUT2D eigenvalue weighted by atomic mass is 35.5. The van der Waals surface area contributed by atoms with Gasteiger partial charge in [0.1, 0.15) is 5.02 Å². The SMILES string of the molecule is NC1CCCCCC1C(=O)Nc1ccc(Cl)c([N+](=O)[O-])c1. The monoisotopic (exact) mass is 311 g/mol. The Morgan fingerprint density at radius 2 is 2.05 bits per heavy atom. The summed E-state index contributed by atoms with van der Waals surface area (Å²) in [6.45, 7) is 0. The van der Waals surface area contributed by atoms with E-state index >= 15 is 0 Å². The number of carbonyl (C=O) groups is 1. The summed E-state index contributed by atoms with van der Waals surface area (Å²) in [5, 5.41) is 13.6. The molecule has 0 spiro atoms. The summed E-state index contributed by atoms with van der Waals surface area (Å²) in [4.78, 5) is 22.6. The Balaban J connectivity index is 2.11. The molecule has 2 unspecified atom stereocenters. The van der Waals surface area contributed by atoms with Crippen LogP contribution in [0.15, 0.2) is 18.2 Å². The topological polar surface area (TPSA) is 98.3 Å². The molecule has 0 aromatic heterocycles. The second-order valence-corrected chi connectivity index (χ2v) is 5.73. The van der Waals surface area contributed by atoms with Crippen LogP contribution in [0.5, 0.6) is 0 Å². The van der Waals surface area contributed by atoms with Crippen molar-refractivity contribution in [3.63, 3.8) is 0 Å². The first kappa shape index (κ1) is 15.7. The second-order valence-electron chi connectivity index (χ2n) is 5.32. The number of nitrogens with one attached hydrogen (secondary N) is 1. The molecule has 1 aromatic carbocycles. The maximum Gasteiger partial charge on any atom is 0.289 e. The number of hydrogen-bond donors (Lipinski definition) is 2. The van der Waals surface area contributed by atoms with E-state index in [1.54, 1.807) is 6.07 Å². The van der Waals surface area contributed by atoms with Gasteiger partial charge in [-0.05, 0) is 25.0 Å². The summed E-state index contributed by atoms with van der Waals surface area (Å²) < 4.78 is 0.